The number of nitrogens with two attached hydrogens (primary N) is 1. The first-order chi connectivity index (χ1) is 9.10. The van der Waals surface area contributed by atoms with Gasteiger partial charge in [0.25, 0.3) is 0 Å². The van der Waals surface area contributed by atoms with Gasteiger partial charge in [-0.05, 0) is 36.4 Å². The molecular weight excluding hydrogens is 285 g/mol. The van der Waals surface area contributed by atoms with Crippen LogP contribution in [0, 0.1) is 5.82 Å². The highest BCUT2D eigenvalue weighted by Crippen LogP contribution is 2.33. The van der Waals surface area contributed by atoms with Gasteiger partial charge in [0, 0.05) is 21.9 Å². The van der Waals surface area contributed by atoms with E-state index < -0.39 is 0 Å². The summed E-state index contributed by atoms with van der Waals surface area (Å²) in [7, 11) is 1.56. The van der Waals surface area contributed by atoms with Crippen molar-refractivity contribution < 1.29 is 9.13 Å². The lowest BCUT2D eigenvalue weighted by Gasteiger charge is -2.09. The van der Waals surface area contributed by atoms with Crippen molar-refractivity contribution in [3.63, 3.8) is 0 Å². The van der Waals surface area contributed by atoms with Crippen molar-refractivity contribution in [1.29, 1.82) is 0 Å². The van der Waals surface area contributed by atoms with Crippen molar-refractivity contribution in [2.24, 2.45) is 0 Å². The Morgan fingerprint density at radius 3 is 2.79 bits per heavy atom. The highest BCUT2D eigenvalue weighted by molar-refractivity contribution is 7.98. The monoisotopic (exact) mass is 297 g/mol. The Morgan fingerprint density at radius 2 is 2.05 bits per heavy atom. The smallest absolute Gasteiger partial charge is 0.123 e. The molecule has 19 heavy (non-hydrogen) atoms. The van der Waals surface area contributed by atoms with E-state index in [1.807, 2.05) is 0 Å². The summed E-state index contributed by atoms with van der Waals surface area (Å²) >= 11 is 7.58. The van der Waals surface area contributed by atoms with E-state index >= 15 is 0 Å². The second-order valence-electron chi connectivity index (χ2n) is 3.93. The number of hydrogen-bond donors (Lipinski definition) is 1. The van der Waals surface area contributed by atoms with Gasteiger partial charge in [-0.1, -0.05) is 11.6 Å². The van der Waals surface area contributed by atoms with E-state index in [-0.39, 0.29) is 5.82 Å². The van der Waals surface area contributed by atoms with Gasteiger partial charge >= 0.3 is 0 Å². The van der Waals surface area contributed by atoms with Gasteiger partial charge in [-0.15, -0.1) is 11.8 Å². The van der Waals surface area contributed by atoms with Gasteiger partial charge in [0.1, 0.15) is 11.6 Å². The van der Waals surface area contributed by atoms with E-state index in [1.54, 1.807) is 31.4 Å². The molecule has 0 aromatic heterocycles. The second kappa shape index (κ2) is 6.17. The standard InChI is InChI=1S/C14H13ClFNOS/c1-18-13-5-2-10(16)6-9(13)8-19-14-7-11(17)3-4-12(14)15/h2-7H,8,17H2,1H3. The van der Waals surface area contributed by atoms with Crippen molar-refractivity contribution in [2.75, 3.05) is 12.8 Å². The molecule has 0 heterocycles. The van der Waals surface area contributed by atoms with Gasteiger partial charge < -0.3 is 10.5 Å². The van der Waals surface area contributed by atoms with Gasteiger partial charge in [-0.2, -0.15) is 0 Å². The van der Waals surface area contributed by atoms with Gasteiger partial charge in [0.2, 0.25) is 0 Å². The summed E-state index contributed by atoms with van der Waals surface area (Å²) in [5.41, 5.74) is 7.15. The van der Waals surface area contributed by atoms with Crippen molar-refractivity contribution in [3.05, 3.63) is 52.8 Å². The van der Waals surface area contributed by atoms with Crippen LogP contribution in [0.25, 0.3) is 0 Å². The number of methoxy groups -OCH3 is 1. The predicted molar refractivity (Wildman–Crippen MR) is 78.4 cm³/mol. The number of benzene rings is 2. The van der Waals surface area contributed by atoms with Crippen LogP contribution in [-0.4, -0.2) is 7.11 Å². The van der Waals surface area contributed by atoms with Crippen molar-refractivity contribution in [3.8, 4) is 5.75 Å². The molecule has 2 aromatic carbocycles. The average Bonchev–Trinajstić information content (AvgIpc) is 2.40. The van der Waals surface area contributed by atoms with Crippen LogP contribution in [0.1, 0.15) is 5.56 Å². The molecule has 0 radical (unpaired) electrons. The molecule has 0 saturated carbocycles. The number of halogens is 2. The van der Waals surface area contributed by atoms with Crippen LogP contribution < -0.4 is 10.5 Å². The molecule has 0 aliphatic heterocycles. The SMILES string of the molecule is COc1ccc(F)cc1CSc1cc(N)ccc1Cl. The van der Waals surface area contributed by atoms with Crippen LogP contribution in [0.2, 0.25) is 5.02 Å². The second-order valence-corrected chi connectivity index (χ2v) is 5.36. The summed E-state index contributed by atoms with van der Waals surface area (Å²) in [6.07, 6.45) is 0. The molecule has 100 valence electrons. The van der Waals surface area contributed by atoms with E-state index in [9.17, 15) is 4.39 Å². The quantitative estimate of drug-likeness (QED) is 0.672. The number of ether oxygens (including phenoxy) is 1. The summed E-state index contributed by atoms with van der Waals surface area (Å²) in [4.78, 5) is 0.869. The maximum Gasteiger partial charge on any atom is 0.123 e. The van der Waals surface area contributed by atoms with Crippen LogP contribution in [0.5, 0.6) is 5.75 Å². The Balaban J connectivity index is 2.18. The molecule has 0 amide bonds. The zero-order valence-electron chi connectivity index (χ0n) is 10.3. The summed E-state index contributed by atoms with van der Waals surface area (Å²) < 4.78 is 18.4. The van der Waals surface area contributed by atoms with Gasteiger partial charge in [0.15, 0.2) is 0 Å². The predicted octanol–water partition coefficient (Wildman–Crippen LogP) is 4.36. The van der Waals surface area contributed by atoms with Gasteiger partial charge in [-0.3, -0.25) is 0 Å². The zero-order valence-corrected chi connectivity index (χ0v) is 11.9. The Bertz CT molecular complexity index is 592. The molecule has 0 saturated heterocycles. The van der Waals surface area contributed by atoms with Crippen molar-refractivity contribution in [1.82, 2.24) is 0 Å². The summed E-state index contributed by atoms with van der Waals surface area (Å²) in [5.74, 6) is 0.938. The van der Waals surface area contributed by atoms with Crippen LogP contribution in [-0.2, 0) is 5.75 Å². The Labute approximate surface area is 120 Å². The summed E-state index contributed by atoms with van der Waals surface area (Å²) in [5, 5.41) is 0.634. The first kappa shape index (κ1) is 14.0. The van der Waals surface area contributed by atoms with Crippen molar-refractivity contribution in [2.45, 2.75) is 10.6 Å². The first-order valence-electron chi connectivity index (χ1n) is 5.60. The summed E-state index contributed by atoms with van der Waals surface area (Å²) in [6.45, 7) is 0. The minimum Gasteiger partial charge on any atom is -0.496 e. The molecule has 0 unspecified atom stereocenters. The molecule has 2 aromatic rings. The van der Waals surface area contributed by atoms with E-state index in [2.05, 4.69) is 0 Å². The minimum absolute atomic E-state index is 0.282. The van der Waals surface area contributed by atoms with E-state index in [1.165, 1.54) is 23.9 Å². The Kier molecular flexibility index (Phi) is 4.56. The number of rotatable bonds is 4. The third-order valence-electron chi connectivity index (χ3n) is 2.58. The lowest BCUT2D eigenvalue weighted by atomic mass is 10.2. The molecular formula is C14H13ClFNOS. The fraction of sp³-hybridized carbons (Fsp3) is 0.143. The molecule has 0 fully saturated rings. The van der Waals surface area contributed by atoms with E-state index in [0.717, 1.165) is 10.5 Å². The number of anilines is 1. The molecule has 0 aliphatic carbocycles. The minimum atomic E-state index is -0.282. The van der Waals surface area contributed by atoms with E-state index in [0.29, 0.717) is 22.2 Å². The van der Waals surface area contributed by atoms with Crippen molar-refractivity contribution >= 4 is 29.1 Å². The number of hydrogen-bond acceptors (Lipinski definition) is 3. The molecule has 5 heteroatoms. The summed E-state index contributed by atoms with van der Waals surface area (Å²) in [6, 6.07) is 9.76. The molecule has 0 atom stereocenters. The topological polar surface area (TPSA) is 35.2 Å². The lowest BCUT2D eigenvalue weighted by Crippen LogP contribution is -1.92. The molecule has 0 aliphatic rings. The first-order valence-corrected chi connectivity index (χ1v) is 6.96. The Hall–Kier alpha value is -1.39. The fourth-order valence-electron chi connectivity index (χ4n) is 1.65. The maximum absolute atomic E-state index is 13.2. The highest BCUT2D eigenvalue weighted by Gasteiger charge is 2.07. The zero-order chi connectivity index (χ0) is 13.8. The van der Waals surface area contributed by atoms with Gasteiger partial charge in [-0.25, -0.2) is 4.39 Å². The lowest BCUT2D eigenvalue weighted by molar-refractivity contribution is 0.410. The normalized spacial score (nSPS) is 10.5. The molecule has 2 nitrogen and oxygen atoms in total. The number of thioether (sulfide) groups is 1. The molecule has 0 spiro atoms. The van der Waals surface area contributed by atoms with Crippen LogP contribution in [0.3, 0.4) is 0 Å². The van der Waals surface area contributed by atoms with Gasteiger partial charge in [0.05, 0.1) is 12.1 Å². The number of nitrogen functional groups attached to an aromatic ring is 1. The van der Waals surface area contributed by atoms with Crippen LogP contribution in [0.4, 0.5) is 10.1 Å². The molecule has 0 bridgehead atoms. The third kappa shape index (κ3) is 3.55. The van der Waals surface area contributed by atoms with Crippen LogP contribution in [0.15, 0.2) is 41.3 Å². The molecule has 2 rings (SSSR count). The largest absolute Gasteiger partial charge is 0.496 e. The highest BCUT2D eigenvalue weighted by atomic mass is 35.5. The molecule has 2 N–H and O–H groups in total. The third-order valence-corrected chi connectivity index (χ3v) is 4.13. The average molecular weight is 298 g/mol. The van der Waals surface area contributed by atoms with Crippen LogP contribution >= 0.6 is 23.4 Å². The fourth-order valence-corrected chi connectivity index (χ4v) is 2.89. The Morgan fingerprint density at radius 1 is 1.26 bits per heavy atom. The maximum atomic E-state index is 13.2. The van der Waals surface area contributed by atoms with E-state index in [4.69, 9.17) is 22.1 Å².